The van der Waals surface area contributed by atoms with Gasteiger partial charge in [0, 0.05) is 0 Å². The van der Waals surface area contributed by atoms with Crippen molar-refractivity contribution in [3.63, 3.8) is 0 Å². The largest absolute Gasteiger partial charge is 0.486 e. The first kappa shape index (κ1) is 23.3. The zero-order chi connectivity index (χ0) is 22.4. The van der Waals surface area contributed by atoms with Gasteiger partial charge < -0.3 is 18.9 Å². The molecule has 0 heterocycles. The van der Waals surface area contributed by atoms with Crippen LogP contribution in [0.5, 0.6) is 23.0 Å². The fourth-order valence-corrected chi connectivity index (χ4v) is 2.78. The van der Waals surface area contributed by atoms with Crippen molar-refractivity contribution < 1.29 is 28.5 Å². The highest BCUT2D eigenvalue weighted by Gasteiger charge is 2.18. The van der Waals surface area contributed by atoms with Crippen molar-refractivity contribution >= 4 is 12.9 Å². The molecule has 0 aromatic heterocycles. The Labute approximate surface area is 178 Å². The van der Waals surface area contributed by atoms with Crippen LogP contribution in [0.15, 0.2) is 36.4 Å². The predicted molar refractivity (Wildman–Crippen MR) is 115 cm³/mol. The van der Waals surface area contributed by atoms with Crippen LogP contribution >= 0.6 is 0 Å². The van der Waals surface area contributed by atoms with Crippen molar-refractivity contribution in [1.29, 1.82) is 0 Å². The molecule has 2 aromatic carbocycles. The van der Waals surface area contributed by atoms with E-state index >= 15 is 0 Å². The van der Waals surface area contributed by atoms with Gasteiger partial charge >= 0.3 is 0 Å². The van der Waals surface area contributed by atoms with Crippen LogP contribution in [0.2, 0.25) is 0 Å². The first-order valence-electron chi connectivity index (χ1n) is 9.81. The molecule has 0 aliphatic carbocycles. The van der Waals surface area contributed by atoms with Gasteiger partial charge in [0.15, 0.2) is 23.0 Å². The van der Waals surface area contributed by atoms with E-state index in [2.05, 4.69) is 41.5 Å². The molecule has 0 atom stereocenters. The van der Waals surface area contributed by atoms with Crippen LogP contribution in [-0.4, -0.2) is 26.2 Å². The molecular weight excluding hydrogens is 384 g/mol. The van der Waals surface area contributed by atoms with Gasteiger partial charge in [-0.25, -0.2) is 0 Å². The Kier molecular flexibility index (Phi) is 7.48. The molecule has 0 unspecified atom stereocenters. The Morgan fingerprint density at radius 1 is 0.633 bits per heavy atom. The van der Waals surface area contributed by atoms with Gasteiger partial charge in [0.1, 0.15) is 13.2 Å². The first-order valence-corrected chi connectivity index (χ1v) is 9.81. The molecule has 0 spiro atoms. The highest BCUT2D eigenvalue weighted by atomic mass is 16.6. The molecule has 2 aromatic rings. The average molecular weight is 414 g/mol. The maximum absolute atomic E-state index is 10.9. The second kappa shape index (κ2) is 9.65. The molecule has 0 amide bonds. The lowest BCUT2D eigenvalue weighted by molar-refractivity contribution is -0.121. The van der Waals surface area contributed by atoms with Crippen LogP contribution in [-0.2, 0) is 20.4 Å². The Bertz CT molecular complexity index is 801. The fourth-order valence-electron chi connectivity index (χ4n) is 2.78. The molecule has 162 valence electrons. The van der Waals surface area contributed by atoms with Crippen LogP contribution in [0.1, 0.15) is 52.7 Å². The molecule has 0 radical (unpaired) electrons. The molecule has 30 heavy (non-hydrogen) atoms. The van der Waals surface area contributed by atoms with E-state index in [1.807, 2.05) is 12.1 Å². The Morgan fingerprint density at radius 3 is 1.30 bits per heavy atom. The van der Waals surface area contributed by atoms with Crippen molar-refractivity contribution in [2.24, 2.45) is 0 Å². The lowest BCUT2D eigenvalue weighted by Crippen LogP contribution is -2.14. The third-order valence-corrected chi connectivity index (χ3v) is 4.57. The van der Waals surface area contributed by atoms with Crippen molar-refractivity contribution in [2.45, 2.75) is 52.4 Å². The van der Waals surface area contributed by atoms with Gasteiger partial charge in [-0.15, -0.1) is 0 Å². The number of carbonyl (C=O) groups is 2. The number of hydrogen-bond acceptors (Lipinski definition) is 6. The minimum absolute atomic E-state index is 0.0865. The maximum Gasteiger partial charge on any atom is 0.298 e. The van der Waals surface area contributed by atoms with Gasteiger partial charge in [0.2, 0.25) is 0 Å². The lowest BCUT2D eigenvalue weighted by atomic mass is 9.87. The molecule has 0 aliphatic rings. The number of ether oxygens (including phenoxy) is 4. The van der Waals surface area contributed by atoms with E-state index in [9.17, 15) is 9.59 Å². The summed E-state index contributed by atoms with van der Waals surface area (Å²) in [6.45, 7) is 13.6. The Morgan fingerprint density at radius 2 is 1.00 bits per heavy atom. The van der Waals surface area contributed by atoms with Gasteiger partial charge in [-0.05, 0) is 46.2 Å². The minimum atomic E-state index is -0.0865. The zero-order valence-electron chi connectivity index (χ0n) is 18.5. The van der Waals surface area contributed by atoms with Gasteiger partial charge in [-0.2, -0.15) is 0 Å². The van der Waals surface area contributed by atoms with Gasteiger partial charge in [0.05, 0.1) is 0 Å². The summed E-state index contributed by atoms with van der Waals surface area (Å²) in [5.74, 6) is 1.62. The van der Waals surface area contributed by atoms with E-state index in [4.69, 9.17) is 18.9 Å². The molecular formula is C24H30O6. The molecule has 6 heteroatoms. The smallest absolute Gasteiger partial charge is 0.298 e. The summed E-state index contributed by atoms with van der Waals surface area (Å²) in [6.07, 6.45) is 0. The SMILES string of the molecule is CC(C)(C)c1ccc(OCCOc2ccc(C(C)(C)C)cc2OC=O)c(OC=O)c1. The topological polar surface area (TPSA) is 71.1 Å². The predicted octanol–water partition coefficient (Wildman–Crippen LogP) is 4.81. The quantitative estimate of drug-likeness (QED) is 0.433. The van der Waals surface area contributed by atoms with Crippen molar-refractivity contribution in [3.05, 3.63) is 47.5 Å². The van der Waals surface area contributed by atoms with E-state index in [-0.39, 0.29) is 24.0 Å². The highest BCUT2D eigenvalue weighted by molar-refractivity contribution is 5.53. The van der Waals surface area contributed by atoms with Gasteiger partial charge in [-0.1, -0.05) is 53.7 Å². The minimum Gasteiger partial charge on any atom is -0.486 e. The molecule has 0 fully saturated rings. The monoisotopic (exact) mass is 414 g/mol. The van der Waals surface area contributed by atoms with Gasteiger partial charge in [-0.3, -0.25) is 9.59 Å². The molecule has 0 saturated carbocycles. The highest BCUT2D eigenvalue weighted by Crippen LogP contribution is 2.34. The van der Waals surface area contributed by atoms with E-state index in [1.54, 1.807) is 24.3 Å². The summed E-state index contributed by atoms with van der Waals surface area (Å²) >= 11 is 0. The third-order valence-electron chi connectivity index (χ3n) is 4.57. The number of rotatable bonds is 9. The summed E-state index contributed by atoms with van der Waals surface area (Å²) < 4.78 is 21.6. The molecule has 0 saturated heterocycles. The Hall–Kier alpha value is -3.02. The summed E-state index contributed by atoms with van der Waals surface area (Å²) in [7, 11) is 0. The molecule has 0 N–H and O–H groups in total. The summed E-state index contributed by atoms with van der Waals surface area (Å²) in [5.41, 5.74) is 1.88. The van der Waals surface area contributed by atoms with E-state index in [0.717, 1.165) is 11.1 Å². The van der Waals surface area contributed by atoms with Crippen LogP contribution in [0.4, 0.5) is 0 Å². The second-order valence-corrected chi connectivity index (χ2v) is 8.95. The van der Waals surface area contributed by atoms with E-state index in [1.165, 1.54) is 0 Å². The van der Waals surface area contributed by atoms with Crippen LogP contribution in [0.3, 0.4) is 0 Å². The maximum atomic E-state index is 10.9. The van der Waals surface area contributed by atoms with E-state index < -0.39 is 0 Å². The number of carbonyl (C=O) groups excluding carboxylic acids is 2. The number of benzene rings is 2. The Balaban J connectivity index is 2.06. The van der Waals surface area contributed by atoms with Crippen LogP contribution in [0.25, 0.3) is 0 Å². The lowest BCUT2D eigenvalue weighted by Gasteiger charge is -2.21. The summed E-state index contributed by atoms with van der Waals surface area (Å²) in [5, 5.41) is 0. The summed E-state index contributed by atoms with van der Waals surface area (Å²) in [4.78, 5) is 21.7. The average Bonchev–Trinajstić information content (AvgIpc) is 2.66. The summed E-state index contributed by atoms with van der Waals surface area (Å²) in [6, 6.07) is 11.0. The van der Waals surface area contributed by atoms with Gasteiger partial charge in [0.25, 0.3) is 12.9 Å². The zero-order valence-corrected chi connectivity index (χ0v) is 18.5. The first-order chi connectivity index (χ1) is 14.1. The molecule has 0 aliphatic heterocycles. The third kappa shape index (κ3) is 6.24. The van der Waals surface area contributed by atoms with Crippen molar-refractivity contribution in [3.8, 4) is 23.0 Å². The number of hydrogen-bond donors (Lipinski definition) is 0. The molecule has 0 bridgehead atoms. The van der Waals surface area contributed by atoms with Crippen LogP contribution < -0.4 is 18.9 Å². The van der Waals surface area contributed by atoms with Crippen molar-refractivity contribution in [2.75, 3.05) is 13.2 Å². The normalized spacial score (nSPS) is 11.5. The second-order valence-electron chi connectivity index (χ2n) is 8.95. The van der Waals surface area contributed by atoms with Crippen molar-refractivity contribution in [1.82, 2.24) is 0 Å². The molecule has 6 nitrogen and oxygen atoms in total. The molecule has 2 rings (SSSR count). The van der Waals surface area contributed by atoms with Crippen LogP contribution in [0, 0.1) is 0 Å². The standard InChI is InChI=1S/C24H30O6/c1-23(2,3)17-7-9-19(21(13-17)29-15-25)27-11-12-28-20-10-8-18(24(4,5)6)14-22(20)30-16-26/h7-10,13-16H,11-12H2,1-6H3. The fraction of sp³-hybridized carbons (Fsp3) is 0.417. The van der Waals surface area contributed by atoms with E-state index in [0.29, 0.717) is 35.9 Å².